The second-order valence-electron chi connectivity index (χ2n) is 20.7. The molecule has 0 aliphatic rings. The highest BCUT2D eigenvalue weighted by atomic mass is 16.3. The van der Waals surface area contributed by atoms with E-state index in [-0.39, 0.29) is 12.5 Å². The van der Waals surface area contributed by atoms with Crippen LogP contribution in [-0.4, -0.2) is 34.9 Å². The number of hydrogen-bond acceptors (Lipinski definition) is 3. The van der Waals surface area contributed by atoms with Gasteiger partial charge in [0.1, 0.15) is 0 Å². The first-order chi connectivity index (χ1) is 37.7. The maximum absolute atomic E-state index is 12.5. The van der Waals surface area contributed by atoms with Crippen molar-refractivity contribution < 1.29 is 15.0 Å². The molecule has 0 radical (unpaired) electrons. The Labute approximate surface area is 471 Å². The summed E-state index contributed by atoms with van der Waals surface area (Å²) in [5, 5.41) is 23.2. The third-order valence-corrected chi connectivity index (χ3v) is 13.5. The zero-order valence-corrected chi connectivity index (χ0v) is 49.5. The van der Waals surface area contributed by atoms with Crippen LogP contribution in [0.25, 0.3) is 0 Å². The van der Waals surface area contributed by atoms with Crippen LogP contribution in [-0.2, 0) is 4.79 Å². The van der Waals surface area contributed by atoms with Crippen LogP contribution >= 0.6 is 0 Å². The summed E-state index contributed by atoms with van der Waals surface area (Å²) in [6, 6.07) is -0.667. The lowest BCUT2D eigenvalue weighted by Gasteiger charge is -2.19. The highest BCUT2D eigenvalue weighted by Crippen LogP contribution is 2.15. The third kappa shape index (κ3) is 60.9. The fourth-order valence-corrected chi connectivity index (χ4v) is 8.71. The highest BCUT2D eigenvalue weighted by molar-refractivity contribution is 5.76. The van der Waals surface area contributed by atoms with E-state index in [1.807, 2.05) is 6.08 Å². The molecule has 0 saturated heterocycles. The summed E-state index contributed by atoms with van der Waals surface area (Å²) in [7, 11) is 0. The Balaban J connectivity index is 3.68. The van der Waals surface area contributed by atoms with Crippen molar-refractivity contribution in [1.82, 2.24) is 5.32 Å². The van der Waals surface area contributed by atoms with Crippen LogP contribution in [0.3, 0.4) is 0 Å². The van der Waals surface area contributed by atoms with Crippen molar-refractivity contribution in [2.24, 2.45) is 0 Å². The van der Waals surface area contributed by atoms with Crippen LogP contribution in [0.5, 0.6) is 0 Å². The average Bonchev–Trinajstić information content (AvgIpc) is 3.42. The molecular formula is C72H119NO3. The minimum absolute atomic E-state index is 0.0977. The van der Waals surface area contributed by atoms with Gasteiger partial charge in [-0.3, -0.25) is 4.79 Å². The lowest BCUT2D eigenvalue weighted by molar-refractivity contribution is -0.123. The van der Waals surface area contributed by atoms with E-state index in [2.05, 4.69) is 165 Å². The molecule has 0 fully saturated rings. The van der Waals surface area contributed by atoms with Crippen LogP contribution < -0.4 is 5.32 Å². The monoisotopic (exact) mass is 1050 g/mol. The van der Waals surface area contributed by atoms with Gasteiger partial charge in [0.2, 0.25) is 5.91 Å². The molecule has 0 heterocycles. The van der Waals surface area contributed by atoms with Crippen LogP contribution in [0.2, 0.25) is 0 Å². The largest absolute Gasteiger partial charge is 0.394 e. The van der Waals surface area contributed by atoms with Gasteiger partial charge in [0, 0.05) is 6.42 Å². The van der Waals surface area contributed by atoms with Gasteiger partial charge in [-0.1, -0.05) is 300 Å². The minimum Gasteiger partial charge on any atom is -0.394 e. The van der Waals surface area contributed by atoms with E-state index in [4.69, 9.17) is 0 Å². The number of carbonyl (C=O) groups is 1. The number of nitrogens with one attached hydrogen (secondary N) is 1. The molecule has 1 amide bonds. The fourth-order valence-electron chi connectivity index (χ4n) is 8.71. The number of aliphatic hydroxyl groups excluding tert-OH is 2. The van der Waals surface area contributed by atoms with E-state index in [1.165, 1.54) is 135 Å². The molecular weight excluding hydrogens is 927 g/mol. The Hall–Kier alpha value is -3.99. The number of hydrogen-bond donors (Lipinski definition) is 3. The maximum Gasteiger partial charge on any atom is 0.220 e. The lowest BCUT2D eigenvalue weighted by Crippen LogP contribution is -2.45. The molecule has 3 N–H and O–H groups in total. The number of allylic oxidation sites excluding steroid dienone is 25. The molecule has 4 heteroatoms. The first-order valence-electron chi connectivity index (χ1n) is 31.7. The lowest BCUT2D eigenvalue weighted by atomic mass is 10.0. The molecule has 430 valence electrons. The van der Waals surface area contributed by atoms with Crippen molar-refractivity contribution in [3.05, 3.63) is 158 Å². The van der Waals surface area contributed by atoms with Crippen LogP contribution in [0, 0.1) is 0 Å². The first-order valence-corrected chi connectivity index (χ1v) is 31.7. The minimum atomic E-state index is -0.890. The van der Waals surface area contributed by atoms with Gasteiger partial charge in [-0.2, -0.15) is 0 Å². The number of aliphatic hydroxyl groups is 2. The SMILES string of the molecule is CC/C=C\C/C=C\C/C=C\C/C=C\C/C=C\C/C=C\C/C=C\C/C=C\C/C=C\C/C=C\CCCCCCCCC(=O)NC(CO)C(O)/C=C/CC/C=C/CC/C=C/CCCCCCCCCCCCCCCCCCC. The van der Waals surface area contributed by atoms with E-state index in [1.54, 1.807) is 6.08 Å². The molecule has 2 unspecified atom stereocenters. The number of amides is 1. The average molecular weight is 1050 g/mol. The summed E-state index contributed by atoms with van der Waals surface area (Å²) in [6.07, 6.45) is 104. The fraction of sp³-hybridized carbons (Fsp3) is 0.625. The number of unbranched alkanes of at least 4 members (excludes halogenated alkanes) is 25. The molecule has 0 rings (SSSR count). The van der Waals surface area contributed by atoms with Gasteiger partial charge >= 0.3 is 0 Å². The van der Waals surface area contributed by atoms with E-state index in [0.29, 0.717) is 6.42 Å². The third-order valence-electron chi connectivity index (χ3n) is 13.5. The van der Waals surface area contributed by atoms with Gasteiger partial charge in [0.25, 0.3) is 0 Å². The van der Waals surface area contributed by atoms with Crippen LogP contribution in [0.1, 0.15) is 271 Å². The zero-order chi connectivity index (χ0) is 54.8. The van der Waals surface area contributed by atoms with Crippen LogP contribution in [0.4, 0.5) is 0 Å². The van der Waals surface area contributed by atoms with Crippen molar-refractivity contribution in [3.63, 3.8) is 0 Å². The first kappa shape index (κ1) is 72.0. The normalized spacial score (nSPS) is 13.9. The van der Waals surface area contributed by atoms with Gasteiger partial charge in [-0.15, -0.1) is 0 Å². The molecule has 4 nitrogen and oxygen atoms in total. The summed E-state index contributed by atoms with van der Waals surface area (Å²) in [5.41, 5.74) is 0. The Morgan fingerprint density at radius 3 is 0.921 bits per heavy atom. The van der Waals surface area contributed by atoms with Crippen molar-refractivity contribution in [3.8, 4) is 0 Å². The van der Waals surface area contributed by atoms with Gasteiger partial charge in [-0.25, -0.2) is 0 Å². The van der Waals surface area contributed by atoms with E-state index >= 15 is 0 Å². The van der Waals surface area contributed by atoms with Gasteiger partial charge in [0.05, 0.1) is 18.8 Å². The molecule has 0 aliphatic carbocycles. The predicted octanol–water partition coefficient (Wildman–Crippen LogP) is 21.7. The summed E-state index contributed by atoms with van der Waals surface area (Å²) >= 11 is 0. The number of rotatable bonds is 56. The quantitative estimate of drug-likeness (QED) is 0.0420. The van der Waals surface area contributed by atoms with Gasteiger partial charge in [-0.05, 0) is 122 Å². The molecule has 76 heavy (non-hydrogen) atoms. The molecule has 0 saturated carbocycles. The molecule has 0 aromatic carbocycles. The molecule has 2 atom stereocenters. The molecule has 0 bridgehead atoms. The topological polar surface area (TPSA) is 69.6 Å². The number of carbonyl (C=O) groups excluding carboxylic acids is 1. The Morgan fingerprint density at radius 1 is 0.329 bits per heavy atom. The molecule has 0 aliphatic heterocycles. The summed E-state index contributed by atoms with van der Waals surface area (Å²) in [4.78, 5) is 12.5. The van der Waals surface area contributed by atoms with Crippen molar-refractivity contribution >= 4 is 5.91 Å². The summed E-state index contributed by atoms with van der Waals surface area (Å²) in [6.45, 7) is 4.18. The summed E-state index contributed by atoms with van der Waals surface area (Å²) in [5.74, 6) is -0.0977. The second kappa shape index (κ2) is 65.3. The van der Waals surface area contributed by atoms with E-state index in [0.717, 1.165) is 116 Å². The van der Waals surface area contributed by atoms with Crippen LogP contribution in [0.15, 0.2) is 158 Å². The Bertz CT molecular complexity index is 1610. The Morgan fingerprint density at radius 2 is 0.592 bits per heavy atom. The molecule has 0 aromatic rings. The van der Waals surface area contributed by atoms with Gasteiger partial charge in [0.15, 0.2) is 0 Å². The van der Waals surface area contributed by atoms with Gasteiger partial charge < -0.3 is 15.5 Å². The maximum atomic E-state index is 12.5. The highest BCUT2D eigenvalue weighted by Gasteiger charge is 2.18. The summed E-state index contributed by atoms with van der Waals surface area (Å²) < 4.78 is 0. The van der Waals surface area contributed by atoms with E-state index < -0.39 is 12.1 Å². The smallest absolute Gasteiger partial charge is 0.220 e. The van der Waals surface area contributed by atoms with Crippen molar-refractivity contribution in [2.75, 3.05) is 6.61 Å². The van der Waals surface area contributed by atoms with E-state index in [9.17, 15) is 15.0 Å². The molecule has 0 aromatic heterocycles. The molecule has 0 spiro atoms. The van der Waals surface area contributed by atoms with Crippen molar-refractivity contribution in [1.29, 1.82) is 0 Å². The standard InChI is InChI=1S/C72H119NO3/c1-3-5-7-9-11-13-15-17-19-21-23-25-27-29-31-32-33-34-35-36-37-38-39-40-42-44-46-48-50-52-54-56-58-60-62-64-66-68-72(76)73-70(69-74)71(75)67-65-63-61-59-57-55-53-51-49-47-45-43-41-30-28-26-24-22-20-18-16-14-12-10-8-6-4-2/h5,7,11,13,17,19,23,25,29,31,33-34,36-37,39-40,44,46,49-52,57,59,65,67,70-71,74-75H,3-4,6,8-10,12,14-16,18,20-22,24,26-28,30,32,35,38,41-43,45,47-48,53-56,58,60-64,66,68-69H2,1-2H3,(H,73,76)/b7-5-,13-11-,19-17-,25-23-,31-29-,34-33-,37-36-,40-39-,46-44-,51-49+,52-50-,59-57+,67-65+. The second-order valence-corrected chi connectivity index (χ2v) is 20.7. The predicted molar refractivity (Wildman–Crippen MR) is 340 cm³/mol. The van der Waals surface area contributed by atoms with Crippen molar-refractivity contribution in [2.45, 2.75) is 283 Å². The zero-order valence-electron chi connectivity index (χ0n) is 49.5. The Kier molecular flexibility index (Phi) is 61.9.